The molecule has 1 heterocycles. The molecule has 1 aromatic carbocycles. The van der Waals surface area contributed by atoms with Gasteiger partial charge in [-0.2, -0.15) is 0 Å². The summed E-state index contributed by atoms with van der Waals surface area (Å²) in [5, 5.41) is 13.3. The van der Waals surface area contributed by atoms with Crippen molar-refractivity contribution in [2.45, 2.75) is 6.54 Å². The summed E-state index contributed by atoms with van der Waals surface area (Å²) >= 11 is 0. The Kier molecular flexibility index (Phi) is 4.62. The van der Waals surface area contributed by atoms with Crippen molar-refractivity contribution in [3.63, 3.8) is 0 Å². The van der Waals surface area contributed by atoms with E-state index in [4.69, 9.17) is 0 Å². The molecule has 0 saturated carbocycles. The van der Waals surface area contributed by atoms with E-state index in [2.05, 4.69) is 15.3 Å². The summed E-state index contributed by atoms with van der Waals surface area (Å²) in [4.78, 5) is 32.2. The first-order valence-corrected chi connectivity index (χ1v) is 6.49. The first kappa shape index (κ1) is 15.4. The number of nitrogens with one attached hydrogen (secondary N) is 1. The van der Waals surface area contributed by atoms with Crippen molar-refractivity contribution >= 4 is 17.5 Å². The van der Waals surface area contributed by atoms with Gasteiger partial charge in [0.15, 0.2) is 0 Å². The molecule has 1 N–H and O–H groups in total. The van der Waals surface area contributed by atoms with Crippen LogP contribution in [0.3, 0.4) is 0 Å². The van der Waals surface area contributed by atoms with Crippen LogP contribution in [0.15, 0.2) is 36.5 Å². The van der Waals surface area contributed by atoms with Crippen LogP contribution in [0.2, 0.25) is 0 Å². The average Bonchev–Trinajstić information content (AvgIpc) is 2.53. The predicted molar refractivity (Wildman–Crippen MR) is 80.6 cm³/mol. The highest BCUT2D eigenvalue weighted by atomic mass is 16.6. The van der Waals surface area contributed by atoms with Gasteiger partial charge in [0.1, 0.15) is 0 Å². The molecule has 0 aliphatic heterocycles. The number of non-ortho nitro benzene ring substituents is 1. The quantitative estimate of drug-likeness (QED) is 0.661. The molecule has 8 heteroatoms. The molecule has 8 nitrogen and oxygen atoms in total. The second kappa shape index (κ2) is 6.61. The molecule has 0 bridgehead atoms. The Hall–Kier alpha value is -3.03. The lowest BCUT2D eigenvalue weighted by molar-refractivity contribution is -0.384. The smallest absolute Gasteiger partial charge is 0.269 e. The third-order valence-corrected chi connectivity index (χ3v) is 2.87. The third-order valence-electron chi connectivity index (χ3n) is 2.87. The van der Waals surface area contributed by atoms with E-state index in [0.717, 1.165) is 0 Å². The van der Waals surface area contributed by atoms with Gasteiger partial charge >= 0.3 is 0 Å². The molecule has 0 fully saturated rings. The topological polar surface area (TPSA) is 101 Å². The maximum Gasteiger partial charge on any atom is 0.269 e. The minimum Gasteiger partial charge on any atom is -0.347 e. The summed E-state index contributed by atoms with van der Waals surface area (Å²) < 4.78 is 0. The van der Waals surface area contributed by atoms with Gasteiger partial charge in [0, 0.05) is 38.0 Å². The van der Waals surface area contributed by atoms with Crippen LogP contribution in [-0.4, -0.2) is 34.9 Å². The van der Waals surface area contributed by atoms with Crippen LogP contribution < -0.4 is 10.2 Å². The first-order valence-electron chi connectivity index (χ1n) is 6.49. The standard InChI is InChI=1S/C14H15N5O3/c1-18(2)14-15-8-7-11(17-14)9-16-13(20)10-3-5-12(6-4-10)19(21)22/h3-8H,9H2,1-2H3,(H,16,20). The Morgan fingerprint density at radius 2 is 1.95 bits per heavy atom. The van der Waals surface area contributed by atoms with Gasteiger partial charge < -0.3 is 10.2 Å². The molecule has 0 atom stereocenters. The lowest BCUT2D eigenvalue weighted by atomic mass is 10.2. The van der Waals surface area contributed by atoms with Gasteiger partial charge in [-0.25, -0.2) is 9.97 Å². The number of nitro benzene ring substituents is 1. The van der Waals surface area contributed by atoms with Crippen LogP contribution in [0.4, 0.5) is 11.6 Å². The van der Waals surface area contributed by atoms with E-state index in [9.17, 15) is 14.9 Å². The summed E-state index contributed by atoms with van der Waals surface area (Å²) in [5.41, 5.74) is 0.976. The van der Waals surface area contributed by atoms with Crippen molar-refractivity contribution in [3.05, 3.63) is 57.9 Å². The van der Waals surface area contributed by atoms with Crippen molar-refractivity contribution in [2.24, 2.45) is 0 Å². The summed E-state index contributed by atoms with van der Waals surface area (Å²) in [6.45, 7) is 0.249. The van der Waals surface area contributed by atoms with Crippen molar-refractivity contribution in [2.75, 3.05) is 19.0 Å². The van der Waals surface area contributed by atoms with Crippen LogP contribution in [0, 0.1) is 10.1 Å². The maximum absolute atomic E-state index is 12.0. The number of amides is 1. The molecule has 114 valence electrons. The van der Waals surface area contributed by atoms with Crippen molar-refractivity contribution in [1.82, 2.24) is 15.3 Å². The minimum absolute atomic E-state index is 0.0528. The van der Waals surface area contributed by atoms with Crippen LogP contribution in [0.5, 0.6) is 0 Å². The Morgan fingerprint density at radius 3 is 2.55 bits per heavy atom. The summed E-state index contributed by atoms with van der Waals surface area (Å²) in [5.74, 6) is 0.238. The Morgan fingerprint density at radius 1 is 1.27 bits per heavy atom. The molecular formula is C14H15N5O3. The van der Waals surface area contributed by atoms with Crippen LogP contribution in [0.25, 0.3) is 0 Å². The molecule has 0 radical (unpaired) electrons. The Labute approximate surface area is 127 Å². The largest absolute Gasteiger partial charge is 0.347 e. The fourth-order valence-corrected chi connectivity index (χ4v) is 1.71. The molecule has 0 aliphatic rings. The summed E-state index contributed by atoms with van der Waals surface area (Å²) in [7, 11) is 3.66. The number of nitro groups is 1. The zero-order valence-corrected chi connectivity index (χ0v) is 12.2. The van der Waals surface area contributed by atoms with Gasteiger partial charge in [-0.15, -0.1) is 0 Å². The number of carbonyl (C=O) groups is 1. The molecule has 1 aromatic heterocycles. The van der Waals surface area contributed by atoms with E-state index in [0.29, 0.717) is 17.2 Å². The van der Waals surface area contributed by atoms with Crippen LogP contribution in [-0.2, 0) is 6.54 Å². The van der Waals surface area contributed by atoms with E-state index in [1.165, 1.54) is 24.3 Å². The molecule has 22 heavy (non-hydrogen) atoms. The molecule has 0 aliphatic carbocycles. The molecular weight excluding hydrogens is 286 g/mol. The van der Waals surface area contributed by atoms with Gasteiger partial charge in [-0.05, 0) is 18.2 Å². The van der Waals surface area contributed by atoms with Crippen molar-refractivity contribution in [1.29, 1.82) is 0 Å². The van der Waals surface area contributed by atoms with Gasteiger partial charge in [0.2, 0.25) is 5.95 Å². The molecule has 2 rings (SSSR count). The third kappa shape index (κ3) is 3.75. The van der Waals surface area contributed by atoms with Crippen LogP contribution in [0.1, 0.15) is 16.1 Å². The monoisotopic (exact) mass is 301 g/mol. The lowest BCUT2D eigenvalue weighted by Gasteiger charge is -2.11. The highest BCUT2D eigenvalue weighted by Gasteiger charge is 2.09. The Bertz CT molecular complexity index is 685. The Balaban J connectivity index is 2.00. The number of hydrogen-bond acceptors (Lipinski definition) is 6. The fourth-order valence-electron chi connectivity index (χ4n) is 1.71. The fraction of sp³-hybridized carbons (Fsp3) is 0.214. The molecule has 0 unspecified atom stereocenters. The minimum atomic E-state index is -0.509. The molecule has 0 saturated heterocycles. The van der Waals surface area contributed by atoms with E-state index in [1.807, 2.05) is 14.1 Å². The zero-order chi connectivity index (χ0) is 16.1. The number of anilines is 1. The first-order chi connectivity index (χ1) is 10.5. The van der Waals surface area contributed by atoms with Crippen molar-refractivity contribution in [3.8, 4) is 0 Å². The van der Waals surface area contributed by atoms with Gasteiger partial charge in [-0.3, -0.25) is 14.9 Å². The SMILES string of the molecule is CN(C)c1nccc(CNC(=O)c2ccc([N+](=O)[O-])cc2)n1. The summed E-state index contributed by atoms with van der Waals surface area (Å²) in [6.07, 6.45) is 1.62. The second-order valence-corrected chi connectivity index (χ2v) is 4.73. The molecule has 2 aromatic rings. The number of nitrogens with zero attached hydrogens (tertiary/aromatic N) is 4. The van der Waals surface area contributed by atoms with E-state index < -0.39 is 4.92 Å². The van der Waals surface area contributed by atoms with Gasteiger partial charge in [0.25, 0.3) is 11.6 Å². The number of rotatable bonds is 5. The van der Waals surface area contributed by atoms with E-state index in [-0.39, 0.29) is 18.1 Å². The van der Waals surface area contributed by atoms with E-state index >= 15 is 0 Å². The number of carbonyl (C=O) groups excluding carboxylic acids is 1. The second-order valence-electron chi connectivity index (χ2n) is 4.73. The van der Waals surface area contributed by atoms with Gasteiger partial charge in [0.05, 0.1) is 17.2 Å². The highest BCUT2D eigenvalue weighted by Crippen LogP contribution is 2.12. The molecule has 1 amide bonds. The lowest BCUT2D eigenvalue weighted by Crippen LogP contribution is -2.24. The van der Waals surface area contributed by atoms with E-state index in [1.54, 1.807) is 17.2 Å². The molecule has 0 spiro atoms. The number of hydrogen-bond donors (Lipinski definition) is 1. The number of aromatic nitrogens is 2. The summed E-state index contributed by atoms with van der Waals surface area (Å²) in [6, 6.07) is 7.13. The predicted octanol–water partition coefficient (Wildman–Crippen LogP) is 1.38. The average molecular weight is 301 g/mol. The number of benzene rings is 1. The zero-order valence-electron chi connectivity index (χ0n) is 12.2. The van der Waals surface area contributed by atoms with Crippen LogP contribution >= 0.6 is 0 Å². The van der Waals surface area contributed by atoms with Crippen molar-refractivity contribution < 1.29 is 9.72 Å². The maximum atomic E-state index is 12.0. The normalized spacial score (nSPS) is 10.1. The van der Waals surface area contributed by atoms with Gasteiger partial charge in [-0.1, -0.05) is 0 Å². The highest BCUT2D eigenvalue weighted by molar-refractivity contribution is 5.94.